The maximum atomic E-state index is 12.8. The number of esters is 1. The molecule has 138 valence electrons. The molecule has 0 radical (unpaired) electrons. The van der Waals surface area contributed by atoms with E-state index in [0.717, 1.165) is 0 Å². The average molecular weight is 391 g/mol. The normalized spacial score (nSPS) is 11.8. The second-order valence-corrected chi connectivity index (χ2v) is 12.7. The number of benzene rings is 2. The summed E-state index contributed by atoms with van der Waals surface area (Å²) in [4.78, 5) is 25.1. The molecule has 2 aromatic carbocycles. The minimum atomic E-state index is -2.33. The van der Waals surface area contributed by atoms with Crippen molar-refractivity contribution in [3.05, 3.63) is 64.7 Å². The molecule has 0 amide bonds. The molecule has 0 fully saturated rings. The largest absolute Gasteiger partial charge is 0.516 e. The molecule has 0 aromatic heterocycles. The van der Waals surface area contributed by atoms with Gasteiger partial charge in [-0.2, -0.15) is 0 Å². The van der Waals surface area contributed by atoms with Gasteiger partial charge in [0.05, 0.1) is 5.56 Å². The van der Waals surface area contributed by atoms with Crippen molar-refractivity contribution >= 4 is 31.9 Å². The Hall–Kier alpha value is -2.11. The summed E-state index contributed by atoms with van der Waals surface area (Å²) in [7, 11) is -2.33. The van der Waals surface area contributed by atoms with E-state index in [9.17, 15) is 9.59 Å². The third-order valence-corrected chi connectivity index (χ3v) is 9.07. The first-order chi connectivity index (χ1) is 12.0. The maximum Gasteiger partial charge on any atom is 0.343 e. The van der Waals surface area contributed by atoms with Crippen LogP contribution in [0.5, 0.6) is 5.75 Å². The number of rotatable bonds is 4. The van der Waals surface area contributed by atoms with Gasteiger partial charge in [0.25, 0.3) is 8.32 Å². The average Bonchev–Trinajstić information content (AvgIpc) is 2.55. The zero-order valence-corrected chi connectivity index (χ0v) is 17.4. The van der Waals surface area contributed by atoms with E-state index in [0.29, 0.717) is 10.6 Å². The standard InChI is InChI=1S/C20H23ClO4Si/c1-20(2,3)26(4,5)25-19(23)16-13-15(21)11-12-17(16)24-18(22)14-9-7-6-8-10-14/h6-13H,1-5H3. The summed E-state index contributed by atoms with van der Waals surface area (Å²) in [5.74, 6) is -0.948. The summed E-state index contributed by atoms with van der Waals surface area (Å²) < 4.78 is 11.2. The third-order valence-electron chi connectivity index (χ3n) is 4.53. The van der Waals surface area contributed by atoms with Crippen molar-refractivity contribution in [2.75, 3.05) is 0 Å². The molecule has 2 rings (SSSR count). The van der Waals surface area contributed by atoms with Gasteiger partial charge in [-0.3, -0.25) is 0 Å². The van der Waals surface area contributed by atoms with Crippen LogP contribution >= 0.6 is 11.6 Å². The highest BCUT2D eigenvalue weighted by molar-refractivity contribution is 6.75. The lowest BCUT2D eigenvalue weighted by Gasteiger charge is -2.35. The molecule has 26 heavy (non-hydrogen) atoms. The Morgan fingerprint density at radius 1 is 0.962 bits per heavy atom. The van der Waals surface area contributed by atoms with Gasteiger partial charge >= 0.3 is 11.9 Å². The number of ether oxygens (including phenoxy) is 1. The van der Waals surface area contributed by atoms with Crippen LogP contribution < -0.4 is 4.74 Å². The van der Waals surface area contributed by atoms with Crippen molar-refractivity contribution in [3.8, 4) is 5.75 Å². The highest BCUT2D eigenvalue weighted by Gasteiger charge is 2.41. The molecular formula is C20H23ClO4Si. The Bertz CT molecular complexity index is 810. The van der Waals surface area contributed by atoms with Crippen LogP contribution in [0.4, 0.5) is 0 Å². The summed E-state index contributed by atoms with van der Waals surface area (Å²) in [6.45, 7) is 10.1. The molecule has 2 aromatic rings. The van der Waals surface area contributed by atoms with Crippen LogP contribution in [-0.4, -0.2) is 20.3 Å². The third kappa shape index (κ3) is 4.74. The Balaban J connectivity index is 2.30. The first-order valence-electron chi connectivity index (χ1n) is 8.31. The fraction of sp³-hybridized carbons (Fsp3) is 0.300. The van der Waals surface area contributed by atoms with Gasteiger partial charge in [-0.05, 0) is 48.5 Å². The molecule has 0 unspecified atom stereocenters. The van der Waals surface area contributed by atoms with Crippen molar-refractivity contribution in [2.45, 2.75) is 38.9 Å². The van der Waals surface area contributed by atoms with E-state index in [1.165, 1.54) is 12.1 Å². The number of hydrogen-bond acceptors (Lipinski definition) is 4. The Morgan fingerprint density at radius 2 is 1.58 bits per heavy atom. The predicted octanol–water partition coefficient (Wildman–Crippen LogP) is 5.72. The number of hydrogen-bond donors (Lipinski definition) is 0. The predicted molar refractivity (Wildman–Crippen MR) is 105 cm³/mol. The second-order valence-electron chi connectivity index (χ2n) is 7.55. The van der Waals surface area contributed by atoms with E-state index in [2.05, 4.69) is 0 Å². The van der Waals surface area contributed by atoms with Gasteiger partial charge in [0.2, 0.25) is 0 Å². The van der Waals surface area contributed by atoms with Crippen LogP contribution in [0.3, 0.4) is 0 Å². The van der Waals surface area contributed by atoms with Crippen molar-refractivity contribution in [3.63, 3.8) is 0 Å². The van der Waals surface area contributed by atoms with Crippen LogP contribution in [0.15, 0.2) is 48.5 Å². The molecule has 0 saturated heterocycles. The highest BCUT2D eigenvalue weighted by Crippen LogP contribution is 2.38. The molecule has 0 heterocycles. The second kappa shape index (κ2) is 7.64. The zero-order valence-electron chi connectivity index (χ0n) is 15.6. The van der Waals surface area contributed by atoms with Crippen LogP contribution in [0.2, 0.25) is 23.2 Å². The van der Waals surface area contributed by atoms with Crippen LogP contribution in [-0.2, 0) is 4.43 Å². The van der Waals surface area contributed by atoms with Gasteiger partial charge in [0.15, 0.2) is 0 Å². The number of halogens is 1. The lowest BCUT2D eigenvalue weighted by molar-refractivity contribution is 0.0693. The molecule has 0 aliphatic rings. The van der Waals surface area contributed by atoms with Crippen LogP contribution in [0.1, 0.15) is 41.5 Å². The molecule has 0 bridgehead atoms. The van der Waals surface area contributed by atoms with Crippen LogP contribution in [0.25, 0.3) is 0 Å². The minimum absolute atomic E-state index is 0.131. The first kappa shape index (κ1) is 20.2. The van der Waals surface area contributed by atoms with E-state index in [1.807, 2.05) is 33.9 Å². The highest BCUT2D eigenvalue weighted by atomic mass is 35.5. The van der Waals surface area contributed by atoms with Gasteiger partial charge < -0.3 is 9.16 Å². The van der Waals surface area contributed by atoms with E-state index >= 15 is 0 Å². The quantitative estimate of drug-likeness (QED) is 0.380. The number of carbonyl (C=O) groups is 2. The monoisotopic (exact) mass is 390 g/mol. The van der Waals surface area contributed by atoms with Gasteiger partial charge in [0.1, 0.15) is 11.3 Å². The maximum absolute atomic E-state index is 12.8. The van der Waals surface area contributed by atoms with Crippen molar-refractivity contribution in [1.29, 1.82) is 0 Å². The molecule has 0 saturated carbocycles. The summed E-state index contributed by atoms with van der Waals surface area (Å²) in [5, 5.41) is 0.231. The lowest BCUT2D eigenvalue weighted by atomic mass is 10.2. The molecule has 4 nitrogen and oxygen atoms in total. The molecular weight excluding hydrogens is 368 g/mol. The molecule has 0 atom stereocenters. The zero-order chi connectivity index (χ0) is 19.5. The first-order valence-corrected chi connectivity index (χ1v) is 11.6. The smallest absolute Gasteiger partial charge is 0.343 e. The van der Waals surface area contributed by atoms with Crippen molar-refractivity contribution < 1.29 is 18.8 Å². The van der Waals surface area contributed by atoms with E-state index in [-0.39, 0.29) is 16.4 Å². The lowest BCUT2D eigenvalue weighted by Crippen LogP contribution is -2.42. The van der Waals surface area contributed by atoms with E-state index in [4.69, 9.17) is 20.8 Å². The number of carbonyl (C=O) groups excluding carboxylic acids is 2. The van der Waals surface area contributed by atoms with E-state index in [1.54, 1.807) is 36.4 Å². The van der Waals surface area contributed by atoms with Gasteiger partial charge in [-0.25, -0.2) is 9.59 Å². The van der Waals surface area contributed by atoms with Gasteiger partial charge in [-0.15, -0.1) is 0 Å². The fourth-order valence-electron chi connectivity index (χ4n) is 1.92. The summed E-state index contributed by atoms with van der Waals surface area (Å²) in [6, 6.07) is 13.1. The Morgan fingerprint density at radius 3 is 2.15 bits per heavy atom. The molecule has 0 spiro atoms. The fourth-order valence-corrected chi connectivity index (χ4v) is 2.98. The molecule has 6 heteroatoms. The van der Waals surface area contributed by atoms with E-state index < -0.39 is 20.3 Å². The molecule has 0 N–H and O–H groups in total. The molecule has 0 aliphatic carbocycles. The Labute approximate surface area is 160 Å². The van der Waals surface area contributed by atoms with Crippen LogP contribution in [0, 0.1) is 0 Å². The van der Waals surface area contributed by atoms with Crippen molar-refractivity contribution in [1.82, 2.24) is 0 Å². The van der Waals surface area contributed by atoms with Crippen molar-refractivity contribution in [2.24, 2.45) is 0 Å². The summed E-state index contributed by atoms with van der Waals surface area (Å²) >= 11 is 6.04. The SMILES string of the molecule is CC(C)(C)[Si](C)(C)OC(=O)c1cc(Cl)ccc1OC(=O)c1ccccc1. The molecule has 0 aliphatic heterocycles. The van der Waals surface area contributed by atoms with Gasteiger partial charge in [0, 0.05) is 5.02 Å². The summed E-state index contributed by atoms with van der Waals surface area (Å²) in [5.41, 5.74) is 0.540. The summed E-state index contributed by atoms with van der Waals surface area (Å²) in [6.07, 6.45) is 0. The topological polar surface area (TPSA) is 52.6 Å². The van der Waals surface area contributed by atoms with Gasteiger partial charge in [-0.1, -0.05) is 50.6 Å². The minimum Gasteiger partial charge on any atom is -0.516 e. The Kier molecular flexibility index (Phi) is 5.93.